The van der Waals surface area contributed by atoms with Gasteiger partial charge in [0.15, 0.2) is 0 Å². The standard InChI is InChI=1S/C13H15F6NO2/c1-22-10-6-7(12(14,15)16)5-8(13(17,18)19)11(10)9(20)3-2-4-21/h5-6,9,21H,2-4,20H2,1H3/t9-/m1/s1. The molecule has 22 heavy (non-hydrogen) atoms. The fourth-order valence-electron chi connectivity index (χ4n) is 2.03. The van der Waals surface area contributed by atoms with Crippen LogP contribution in [0.15, 0.2) is 12.1 Å². The molecule has 9 heteroatoms. The number of alkyl halides is 6. The van der Waals surface area contributed by atoms with E-state index in [1.165, 1.54) is 0 Å². The van der Waals surface area contributed by atoms with Crippen LogP contribution in [-0.2, 0) is 12.4 Å². The van der Waals surface area contributed by atoms with Crippen molar-refractivity contribution in [1.82, 2.24) is 0 Å². The SMILES string of the molecule is COc1cc(C(F)(F)F)cc(C(F)(F)F)c1[C@H](N)CCCO. The Morgan fingerprint density at radius 3 is 2.14 bits per heavy atom. The first-order valence-electron chi connectivity index (χ1n) is 6.25. The highest BCUT2D eigenvalue weighted by atomic mass is 19.4. The van der Waals surface area contributed by atoms with E-state index in [-0.39, 0.29) is 25.5 Å². The Kier molecular flexibility index (Phi) is 5.69. The Hall–Kier alpha value is -1.48. The molecule has 0 bridgehead atoms. The first kappa shape index (κ1) is 18.6. The van der Waals surface area contributed by atoms with Crippen molar-refractivity contribution in [2.75, 3.05) is 13.7 Å². The van der Waals surface area contributed by atoms with Gasteiger partial charge in [-0.25, -0.2) is 0 Å². The highest BCUT2D eigenvalue weighted by molar-refractivity contribution is 5.48. The molecule has 1 aromatic carbocycles. The number of ether oxygens (including phenoxy) is 1. The summed E-state index contributed by atoms with van der Waals surface area (Å²) < 4.78 is 82.1. The van der Waals surface area contributed by atoms with Gasteiger partial charge in [0, 0.05) is 18.2 Å². The molecule has 0 spiro atoms. The van der Waals surface area contributed by atoms with Crippen molar-refractivity contribution in [1.29, 1.82) is 0 Å². The third-order valence-electron chi connectivity index (χ3n) is 3.04. The van der Waals surface area contributed by atoms with E-state index in [9.17, 15) is 26.3 Å². The second-order valence-corrected chi connectivity index (χ2v) is 4.61. The maximum atomic E-state index is 13.1. The van der Waals surface area contributed by atoms with E-state index >= 15 is 0 Å². The molecule has 0 radical (unpaired) electrons. The van der Waals surface area contributed by atoms with Crippen LogP contribution < -0.4 is 10.5 Å². The van der Waals surface area contributed by atoms with Gasteiger partial charge in [-0.3, -0.25) is 0 Å². The van der Waals surface area contributed by atoms with Crippen LogP contribution in [0.3, 0.4) is 0 Å². The van der Waals surface area contributed by atoms with E-state index in [2.05, 4.69) is 4.74 Å². The van der Waals surface area contributed by atoms with E-state index in [4.69, 9.17) is 10.8 Å². The predicted molar refractivity (Wildman–Crippen MR) is 66.2 cm³/mol. The summed E-state index contributed by atoms with van der Waals surface area (Å²) in [7, 11) is 0.970. The third kappa shape index (κ3) is 4.26. The highest BCUT2D eigenvalue weighted by Crippen LogP contribution is 2.43. The van der Waals surface area contributed by atoms with Crippen molar-refractivity contribution in [3.63, 3.8) is 0 Å². The number of hydrogen-bond acceptors (Lipinski definition) is 3. The van der Waals surface area contributed by atoms with E-state index < -0.39 is 40.8 Å². The molecule has 0 aliphatic rings. The van der Waals surface area contributed by atoms with Crippen molar-refractivity contribution >= 4 is 0 Å². The molecule has 3 nitrogen and oxygen atoms in total. The van der Waals surface area contributed by atoms with Crippen LogP contribution in [0.5, 0.6) is 5.75 Å². The minimum atomic E-state index is -5.01. The maximum absolute atomic E-state index is 13.1. The molecule has 0 fully saturated rings. The van der Waals surface area contributed by atoms with Crippen LogP contribution in [0.25, 0.3) is 0 Å². The molecule has 1 atom stereocenters. The predicted octanol–water partition coefficient (Wildman–Crippen LogP) is 3.51. The van der Waals surface area contributed by atoms with Gasteiger partial charge in [0.05, 0.1) is 18.2 Å². The normalized spacial score (nSPS) is 14.0. The van der Waals surface area contributed by atoms with Gasteiger partial charge in [-0.05, 0) is 25.0 Å². The first-order valence-corrected chi connectivity index (χ1v) is 6.25. The molecule has 1 rings (SSSR count). The summed E-state index contributed by atoms with van der Waals surface area (Å²) in [5, 5.41) is 8.71. The van der Waals surface area contributed by atoms with Gasteiger partial charge in [-0.15, -0.1) is 0 Å². The van der Waals surface area contributed by atoms with Crippen LogP contribution in [0, 0.1) is 0 Å². The number of nitrogens with two attached hydrogens (primary N) is 1. The molecule has 0 saturated heterocycles. The molecule has 0 aromatic heterocycles. The second kappa shape index (κ2) is 6.74. The van der Waals surface area contributed by atoms with Gasteiger partial charge < -0.3 is 15.6 Å². The first-order chi connectivity index (χ1) is 10.0. The molecule has 3 N–H and O–H groups in total. The molecule has 0 unspecified atom stereocenters. The molecule has 0 saturated carbocycles. The summed E-state index contributed by atoms with van der Waals surface area (Å²) in [5.41, 5.74) is 2.15. The number of hydrogen-bond donors (Lipinski definition) is 2. The number of benzene rings is 1. The maximum Gasteiger partial charge on any atom is 0.416 e. The lowest BCUT2D eigenvalue weighted by Gasteiger charge is -2.23. The minimum Gasteiger partial charge on any atom is -0.496 e. The summed E-state index contributed by atoms with van der Waals surface area (Å²) in [6.45, 7) is -0.294. The second-order valence-electron chi connectivity index (χ2n) is 4.61. The highest BCUT2D eigenvalue weighted by Gasteiger charge is 2.40. The lowest BCUT2D eigenvalue weighted by Crippen LogP contribution is -2.21. The summed E-state index contributed by atoms with van der Waals surface area (Å²) >= 11 is 0. The molecular weight excluding hydrogens is 316 g/mol. The fraction of sp³-hybridized carbons (Fsp3) is 0.538. The average Bonchev–Trinajstić information content (AvgIpc) is 2.41. The van der Waals surface area contributed by atoms with Gasteiger partial charge in [0.1, 0.15) is 5.75 Å². The Morgan fingerprint density at radius 2 is 1.73 bits per heavy atom. The van der Waals surface area contributed by atoms with Crippen molar-refractivity contribution in [3.05, 3.63) is 28.8 Å². The van der Waals surface area contributed by atoms with Crippen LogP contribution in [0.2, 0.25) is 0 Å². The van der Waals surface area contributed by atoms with Gasteiger partial charge >= 0.3 is 12.4 Å². The Bertz CT molecular complexity index is 512. The Balaban J connectivity index is 3.52. The quantitative estimate of drug-likeness (QED) is 0.812. The van der Waals surface area contributed by atoms with Crippen molar-refractivity contribution in [3.8, 4) is 5.75 Å². The fourth-order valence-corrected chi connectivity index (χ4v) is 2.03. The van der Waals surface area contributed by atoms with Crippen LogP contribution >= 0.6 is 0 Å². The summed E-state index contributed by atoms with van der Waals surface area (Å²) in [6.07, 6.45) is -9.87. The lowest BCUT2D eigenvalue weighted by atomic mass is 9.93. The zero-order valence-corrected chi connectivity index (χ0v) is 11.6. The van der Waals surface area contributed by atoms with Gasteiger partial charge in [0.25, 0.3) is 0 Å². The molecule has 0 amide bonds. The number of aliphatic hydroxyl groups excluding tert-OH is 1. The largest absolute Gasteiger partial charge is 0.496 e. The number of methoxy groups -OCH3 is 1. The van der Waals surface area contributed by atoms with E-state index in [0.717, 1.165) is 7.11 Å². The van der Waals surface area contributed by atoms with Crippen molar-refractivity contribution in [2.45, 2.75) is 31.2 Å². The third-order valence-corrected chi connectivity index (χ3v) is 3.04. The van der Waals surface area contributed by atoms with Crippen LogP contribution in [0.1, 0.15) is 35.6 Å². The molecule has 0 heterocycles. The minimum absolute atomic E-state index is 0.0245. The van der Waals surface area contributed by atoms with Gasteiger partial charge in [-0.2, -0.15) is 26.3 Å². The van der Waals surface area contributed by atoms with Gasteiger partial charge in [0.2, 0.25) is 0 Å². The van der Waals surface area contributed by atoms with E-state index in [0.29, 0.717) is 6.07 Å². The summed E-state index contributed by atoms with van der Waals surface area (Å²) in [6, 6.07) is -0.693. The number of aliphatic hydroxyl groups is 1. The zero-order valence-electron chi connectivity index (χ0n) is 11.6. The molecule has 126 valence electrons. The van der Waals surface area contributed by atoms with Crippen LogP contribution in [0.4, 0.5) is 26.3 Å². The molecule has 0 aliphatic carbocycles. The van der Waals surface area contributed by atoms with E-state index in [1.54, 1.807) is 0 Å². The Labute approximate surface area is 122 Å². The van der Waals surface area contributed by atoms with E-state index in [1.807, 2.05) is 0 Å². The van der Waals surface area contributed by atoms with Crippen LogP contribution in [-0.4, -0.2) is 18.8 Å². The summed E-state index contributed by atoms with van der Waals surface area (Å²) in [5.74, 6) is -0.576. The lowest BCUT2D eigenvalue weighted by molar-refractivity contribution is -0.143. The smallest absolute Gasteiger partial charge is 0.416 e. The summed E-state index contributed by atoms with van der Waals surface area (Å²) in [4.78, 5) is 0. The molecule has 0 aliphatic heterocycles. The average molecular weight is 331 g/mol. The molecular formula is C13H15F6NO2. The van der Waals surface area contributed by atoms with Gasteiger partial charge in [-0.1, -0.05) is 0 Å². The topological polar surface area (TPSA) is 55.5 Å². The number of rotatable bonds is 5. The number of halogens is 6. The zero-order chi connectivity index (χ0) is 17.1. The van der Waals surface area contributed by atoms with Crippen molar-refractivity contribution in [2.24, 2.45) is 5.73 Å². The van der Waals surface area contributed by atoms with Crippen molar-refractivity contribution < 1.29 is 36.2 Å². The molecule has 1 aromatic rings. The monoisotopic (exact) mass is 331 g/mol. The Morgan fingerprint density at radius 1 is 1.14 bits per heavy atom.